The van der Waals surface area contributed by atoms with Crippen molar-refractivity contribution in [3.63, 3.8) is 0 Å². The number of nitrogens with two attached hydrogens (primary N) is 1. The van der Waals surface area contributed by atoms with Crippen molar-refractivity contribution >= 4 is 17.7 Å². The highest BCUT2D eigenvalue weighted by atomic mass is 32.2. The predicted octanol–water partition coefficient (Wildman–Crippen LogP) is 0.981. The van der Waals surface area contributed by atoms with Gasteiger partial charge in [-0.05, 0) is 25.6 Å². The lowest BCUT2D eigenvalue weighted by Crippen LogP contribution is -2.39. The van der Waals surface area contributed by atoms with Crippen molar-refractivity contribution in [2.75, 3.05) is 12.8 Å². The molecule has 2 atom stereocenters. The molecular weight excluding hydrogens is 184 g/mol. The third kappa shape index (κ3) is 5.93. The molecule has 0 saturated heterocycles. The molecule has 3 nitrogen and oxygen atoms in total. The third-order valence-electron chi connectivity index (χ3n) is 2.08. The van der Waals surface area contributed by atoms with E-state index in [0.29, 0.717) is 5.25 Å². The highest BCUT2D eigenvalue weighted by Crippen LogP contribution is 2.15. The summed E-state index contributed by atoms with van der Waals surface area (Å²) >= 11 is 1.89. The molecule has 2 unspecified atom stereocenters. The van der Waals surface area contributed by atoms with Gasteiger partial charge in [-0.3, -0.25) is 4.79 Å². The number of carbonyl (C=O) groups excluding carboxylic acids is 1. The van der Waals surface area contributed by atoms with Gasteiger partial charge >= 0.3 is 0 Å². The van der Waals surface area contributed by atoms with Gasteiger partial charge in [0.25, 0.3) is 0 Å². The maximum absolute atomic E-state index is 10.8. The topological polar surface area (TPSA) is 55.1 Å². The van der Waals surface area contributed by atoms with Crippen molar-refractivity contribution < 1.29 is 4.79 Å². The number of primary amides is 1. The van der Waals surface area contributed by atoms with Crippen LogP contribution in [0.15, 0.2) is 0 Å². The number of likely N-dealkylation sites (N-methyl/N-ethyl adjacent to an activating group) is 1. The Morgan fingerprint density at radius 3 is 2.62 bits per heavy atom. The minimum atomic E-state index is -0.257. The molecule has 13 heavy (non-hydrogen) atoms. The Hall–Kier alpha value is -0.220. The quantitative estimate of drug-likeness (QED) is 0.650. The van der Waals surface area contributed by atoms with Gasteiger partial charge in [-0.15, -0.1) is 0 Å². The van der Waals surface area contributed by atoms with Crippen molar-refractivity contribution in [2.24, 2.45) is 5.73 Å². The number of hydrogen-bond acceptors (Lipinski definition) is 3. The predicted molar refractivity (Wildman–Crippen MR) is 58.9 cm³/mol. The molecule has 0 aliphatic heterocycles. The largest absolute Gasteiger partial charge is 0.368 e. The van der Waals surface area contributed by atoms with Gasteiger partial charge in [-0.25, -0.2) is 0 Å². The zero-order valence-corrected chi connectivity index (χ0v) is 9.49. The molecular formula is C9H20N2OS. The number of thioether (sulfide) groups is 1. The highest BCUT2D eigenvalue weighted by Gasteiger charge is 2.12. The summed E-state index contributed by atoms with van der Waals surface area (Å²) in [5.74, 6) is 0.732. The second-order valence-electron chi connectivity index (χ2n) is 3.12. The Labute approximate surface area is 84.8 Å². The van der Waals surface area contributed by atoms with Gasteiger partial charge in [-0.1, -0.05) is 13.8 Å². The lowest BCUT2D eigenvalue weighted by molar-refractivity contribution is -0.119. The summed E-state index contributed by atoms with van der Waals surface area (Å²) in [6.45, 7) is 4.37. The number of hydrogen-bond donors (Lipinski definition) is 2. The second-order valence-corrected chi connectivity index (χ2v) is 4.67. The molecule has 0 aromatic carbocycles. The van der Waals surface area contributed by atoms with Crippen LogP contribution in [0, 0.1) is 0 Å². The van der Waals surface area contributed by atoms with Gasteiger partial charge < -0.3 is 11.1 Å². The smallest absolute Gasteiger partial charge is 0.234 e. The first-order valence-electron chi connectivity index (χ1n) is 4.70. The van der Waals surface area contributed by atoms with Crippen molar-refractivity contribution in [3.05, 3.63) is 0 Å². The normalized spacial score (nSPS) is 15.3. The van der Waals surface area contributed by atoms with Gasteiger partial charge in [0, 0.05) is 5.25 Å². The van der Waals surface area contributed by atoms with E-state index in [-0.39, 0.29) is 11.9 Å². The Balaban J connectivity index is 3.55. The van der Waals surface area contributed by atoms with E-state index in [2.05, 4.69) is 19.2 Å². The monoisotopic (exact) mass is 204 g/mol. The SMILES string of the molecule is CCC(C)SCCC(NC)C(N)=O. The molecule has 3 N–H and O–H groups in total. The van der Waals surface area contributed by atoms with Crippen LogP contribution >= 0.6 is 11.8 Å². The molecule has 78 valence electrons. The molecule has 0 saturated carbocycles. The lowest BCUT2D eigenvalue weighted by atomic mass is 10.2. The zero-order chi connectivity index (χ0) is 10.3. The van der Waals surface area contributed by atoms with Crippen LogP contribution in [0.25, 0.3) is 0 Å². The zero-order valence-electron chi connectivity index (χ0n) is 8.67. The van der Waals surface area contributed by atoms with Crippen LogP contribution in [0.2, 0.25) is 0 Å². The lowest BCUT2D eigenvalue weighted by Gasteiger charge is -2.13. The summed E-state index contributed by atoms with van der Waals surface area (Å²) in [5, 5.41) is 3.58. The van der Waals surface area contributed by atoms with Crippen LogP contribution in [-0.4, -0.2) is 30.0 Å². The van der Waals surface area contributed by atoms with Crippen molar-refractivity contribution in [3.8, 4) is 0 Å². The van der Waals surface area contributed by atoms with E-state index < -0.39 is 0 Å². The standard InChI is InChI=1S/C9H20N2OS/c1-4-7(2)13-6-5-8(11-3)9(10)12/h7-8,11H,4-6H2,1-3H3,(H2,10,12). The minimum Gasteiger partial charge on any atom is -0.368 e. The van der Waals surface area contributed by atoms with Gasteiger partial charge in [0.1, 0.15) is 0 Å². The first kappa shape index (κ1) is 12.8. The Bertz CT molecular complexity index is 153. The minimum absolute atomic E-state index is 0.170. The Morgan fingerprint density at radius 2 is 2.23 bits per heavy atom. The van der Waals surface area contributed by atoms with E-state index in [9.17, 15) is 4.79 Å². The summed E-state index contributed by atoms with van der Waals surface area (Å²) in [6, 6.07) is -0.170. The molecule has 0 spiro atoms. The summed E-state index contributed by atoms with van der Waals surface area (Å²) in [7, 11) is 1.77. The average molecular weight is 204 g/mol. The van der Waals surface area contributed by atoms with Crippen molar-refractivity contribution in [2.45, 2.75) is 38.0 Å². The Morgan fingerprint density at radius 1 is 1.62 bits per heavy atom. The molecule has 0 aromatic rings. The third-order valence-corrected chi connectivity index (χ3v) is 3.45. The van der Waals surface area contributed by atoms with Gasteiger partial charge in [-0.2, -0.15) is 11.8 Å². The van der Waals surface area contributed by atoms with E-state index in [1.54, 1.807) is 7.05 Å². The molecule has 0 aliphatic rings. The molecule has 4 heteroatoms. The molecule has 0 aliphatic carbocycles. The summed E-state index contributed by atoms with van der Waals surface area (Å²) in [6.07, 6.45) is 1.99. The fourth-order valence-electron chi connectivity index (χ4n) is 0.934. The summed E-state index contributed by atoms with van der Waals surface area (Å²) in [5.41, 5.74) is 5.19. The summed E-state index contributed by atoms with van der Waals surface area (Å²) in [4.78, 5) is 10.8. The van der Waals surface area contributed by atoms with Crippen molar-refractivity contribution in [1.82, 2.24) is 5.32 Å². The molecule has 0 fully saturated rings. The highest BCUT2D eigenvalue weighted by molar-refractivity contribution is 7.99. The van der Waals surface area contributed by atoms with E-state index in [4.69, 9.17) is 5.73 Å². The van der Waals surface area contributed by atoms with E-state index >= 15 is 0 Å². The van der Waals surface area contributed by atoms with Crippen LogP contribution in [-0.2, 0) is 4.79 Å². The molecule has 0 aromatic heterocycles. The first-order chi connectivity index (χ1) is 6.11. The van der Waals surface area contributed by atoms with Crippen LogP contribution in [0.4, 0.5) is 0 Å². The number of rotatable bonds is 7. The van der Waals surface area contributed by atoms with Crippen LogP contribution in [0.5, 0.6) is 0 Å². The van der Waals surface area contributed by atoms with Crippen LogP contribution in [0.3, 0.4) is 0 Å². The molecule has 0 heterocycles. The molecule has 0 radical (unpaired) electrons. The average Bonchev–Trinajstić information content (AvgIpc) is 2.11. The van der Waals surface area contributed by atoms with Gasteiger partial charge in [0.2, 0.25) is 5.91 Å². The van der Waals surface area contributed by atoms with Gasteiger partial charge in [0.05, 0.1) is 6.04 Å². The van der Waals surface area contributed by atoms with Crippen molar-refractivity contribution in [1.29, 1.82) is 0 Å². The maximum Gasteiger partial charge on any atom is 0.234 e. The Kier molecular flexibility index (Phi) is 7.09. The number of amides is 1. The maximum atomic E-state index is 10.8. The van der Waals surface area contributed by atoms with Crippen LogP contribution in [0.1, 0.15) is 26.7 Å². The fourth-order valence-corrected chi connectivity index (χ4v) is 1.94. The van der Waals surface area contributed by atoms with Crippen LogP contribution < -0.4 is 11.1 Å². The fraction of sp³-hybridized carbons (Fsp3) is 0.889. The number of carbonyl (C=O) groups is 1. The van der Waals surface area contributed by atoms with E-state index in [0.717, 1.165) is 12.2 Å². The van der Waals surface area contributed by atoms with E-state index in [1.807, 2.05) is 11.8 Å². The molecule has 0 rings (SSSR count). The molecule has 1 amide bonds. The van der Waals surface area contributed by atoms with E-state index in [1.165, 1.54) is 6.42 Å². The number of nitrogens with one attached hydrogen (secondary N) is 1. The second kappa shape index (κ2) is 7.21. The van der Waals surface area contributed by atoms with Gasteiger partial charge in [0.15, 0.2) is 0 Å². The first-order valence-corrected chi connectivity index (χ1v) is 5.74. The molecule has 0 bridgehead atoms. The summed E-state index contributed by atoms with van der Waals surface area (Å²) < 4.78 is 0.